The van der Waals surface area contributed by atoms with E-state index in [1.165, 1.54) is 0 Å². The molecular formula is C22H18Cl2N4O2. The number of likely N-dealkylation sites (N-methyl/N-ethyl adjacent to an activating group) is 1. The third-order valence-corrected chi connectivity index (χ3v) is 5.88. The molecule has 4 rings (SSSR count). The molecule has 2 heterocycles. The summed E-state index contributed by atoms with van der Waals surface area (Å²) in [5.74, 6) is -0.835. The van der Waals surface area contributed by atoms with Gasteiger partial charge in [-0.2, -0.15) is 5.26 Å². The number of anilines is 1. The highest BCUT2D eigenvalue weighted by molar-refractivity contribution is 6.47. The lowest BCUT2D eigenvalue weighted by molar-refractivity contribution is -0.120. The Morgan fingerprint density at radius 2 is 1.60 bits per heavy atom. The van der Waals surface area contributed by atoms with Crippen LogP contribution in [-0.2, 0) is 9.59 Å². The zero-order chi connectivity index (χ0) is 21.4. The molecule has 6 nitrogen and oxygen atoms in total. The van der Waals surface area contributed by atoms with E-state index < -0.39 is 11.8 Å². The molecule has 2 aliphatic heterocycles. The Morgan fingerprint density at radius 3 is 2.20 bits per heavy atom. The summed E-state index contributed by atoms with van der Waals surface area (Å²) in [6, 6.07) is 13.3. The number of hydrogen-bond acceptors (Lipinski definition) is 5. The first-order valence-electron chi connectivity index (χ1n) is 9.43. The number of carbonyl (C=O) groups is 2. The van der Waals surface area contributed by atoms with E-state index >= 15 is 0 Å². The van der Waals surface area contributed by atoms with Crippen molar-refractivity contribution in [1.29, 1.82) is 5.26 Å². The van der Waals surface area contributed by atoms with Crippen molar-refractivity contribution >= 4 is 46.3 Å². The van der Waals surface area contributed by atoms with Gasteiger partial charge in [0.1, 0.15) is 5.70 Å². The maximum Gasteiger partial charge on any atom is 0.282 e. The zero-order valence-corrected chi connectivity index (χ0v) is 17.7. The third-order valence-electron chi connectivity index (χ3n) is 5.33. The van der Waals surface area contributed by atoms with Crippen LogP contribution in [-0.4, -0.2) is 54.8 Å². The molecule has 0 spiro atoms. The first kappa shape index (κ1) is 20.4. The van der Waals surface area contributed by atoms with Crippen LogP contribution in [0, 0.1) is 11.3 Å². The van der Waals surface area contributed by atoms with Gasteiger partial charge >= 0.3 is 0 Å². The highest BCUT2D eigenvalue weighted by atomic mass is 35.5. The van der Waals surface area contributed by atoms with Gasteiger partial charge in [0.25, 0.3) is 11.8 Å². The van der Waals surface area contributed by atoms with Gasteiger partial charge in [-0.25, -0.2) is 4.90 Å². The molecule has 1 fully saturated rings. The van der Waals surface area contributed by atoms with Gasteiger partial charge in [-0.05, 0) is 43.4 Å². The minimum Gasteiger partial charge on any atom is -0.364 e. The molecule has 0 aliphatic carbocycles. The topological polar surface area (TPSA) is 67.7 Å². The fourth-order valence-electron chi connectivity index (χ4n) is 3.70. The van der Waals surface area contributed by atoms with Crippen molar-refractivity contribution in [2.24, 2.45) is 0 Å². The lowest BCUT2D eigenvalue weighted by Gasteiger charge is -2.34. The second kappa shape index (κ2) is 8.11. The van der Waals surface area contributed by atoms with Gasteiger partial charge in [0.05, 0.1) is 27.9 Å². The van der Waals surface area contributed by atoms with Crippen LogP contribution in [0.15, 0.2) is 48.2 Å². The molecule has 152 valence electrons. The molecule has 0 atom stereocenters. The summed E-state index contributed by atoms with van der Waals surface area (Å²) in [7, 11) is 2.02. The smallest absolute Gasteiger partial charge is 0.282 e. The molecule has 0 N–H and O–H groups in total. The molecular weight excluding hydrogens is 423 g/mol. The quantitative estimate of drug-likeness (QED) is 0.684. The van der Waals surface area contributed by atoms with Gasteiger partial charge in [0.2, 0.25) is 0 Å². The van der Waals surface area contributed by atoms with Gasteiger partial charge in [-0.1, -0.05) is 29.3 Å². The van der Waals surface area contributed by atoms with E-state index in [9.17, 15) is 9.59 Å². The van der Waals surface area contributed by atoms with Gasteiger partial charge in [0, 0.05) is 36.8 Å². The zero-order valence-electron chi connectivity index (χ0n) is 16.2. The van der Waals surface area contributed by atoms with Crippen LogP contribution in [0.1, 0.15) is 11.1 Å². The molecule has 0 aromatic heterocycles. The van der Waals surface area contributed by atoms with Crippen LogP contribution in [0.5, 0.6) is 0 Å². The predicted molar refractivity (Wildman–Crippen MR) is 116 cm³/mol. The van der Waals surface area contributed by atoms with E-state index in [1.807, 2.05) is 18.0 Å². The largest absolute Gasteiger partial charge is 0.364 e. The maximum absolute atomic E-state index is 13.5. The van der Waals surface area contributed by atoms with Crippen molar-refractivity contribution in [2.75, 3.05) is 38.1 Å². The summed E-state index contributed by atoms with van der Waals surface area (Å²) in [6.07, 6.45) is 0. The lowest BCUT2D eigenvalue weighted by atomic mass is 10.0. The minimum atomic E-state index is -0.442. The number of amides is 2. The molecule has 0 unspecified atom stereocenters. The van der Waals surface area contributed by atoms with Crippen molar-refractivity contribution in [3.8, 4) is 6.07 Å². The van der Waals surface area contributed by atoms with E-state index in [0.717, 1.165) is 18.0 Å². The fraction of sp³-hybridized carbons (Fsp3) is 0.227. The van der Waals surface area contributed by atoms with Gasteiger partial charge in [-0.3, -0.25) is 9.59 Å². The number of imide groups is 1. The minimum absolute atomic E-state index is 0.274. The number of halogens is 2. The summed E-state index contributed by atoms with van der Waals surface area (Å²) < 4.78 is 0. The summed E-state index contributed by atoms with van der Waals surface area (Å²) >= 11 is 12.5. The van der Waals surface area contributed by atoms with Crippen molar-refractivity contribution in [3.05, 3.63) is 69.3 Å². The van der Waals surface area contributed by atoms with E-state index in [0.29, 0.717) is 45.6 Å². The first-order valence-corrected chi connectivity index (χ1v) is 10.2. The molecule has 1 saturated heterocycles. The molecule has 8 heteroatoms. The van der Waals surface area contributed by atoms with Gasteiger partial charge < -0.3 is 9.80 Å². The molecule has 0 radical (unpaired) electrons. The monoisotopic (exact) mass is 440 g/mol. The first-order chi connectivity index (χ1) is 14.4. The molecule has 2 aromatic carbocycles. The second-order valence-electron chi connectivity index (χ2n) is 7.24. The Morgan fingerprint density at radius 1 is 0.933 bits per heavy atom. The van der Waals surface area contributed by atoms with Crippen LogP contribution in [0.3, 0.4) is 0 Å². The highest BCUT2D eigenvalue weighted by Crippen LogP contribution is 2.38. The SMILES string of the molecule is CN1CCN(C2=C(c3ccc(Cl)cc3Cl)C(=O)N(c3ccc(C#N)cc3)C2=O)CC1. The highest BCUT2D eigenvalue weighted by Gasteiger charge is 2.43. The van der Waals surface area contributed by atoms with Crippen molar-refractivity contribution in [2.45, 2.75) is 0 Å². The van der Waals surface area contributed by atoms with Crippen LogP contribution < -0.4 is 4.90 Å². The molecule has 2 aliphatic rings. The van der Waals surface area contributed by atoms with Gasteiger partial charge in [0.15, 0.2) is 0 Å². The average molecular weight is 441 g/mol. The second-order valence-corrected chi connectivity index (χ2v) is 8.09. The number of carbonyl (C=O) groups excluding carboxylic acids is 2. The summed E-state index contributed by atoms with van der Waals surface area (Å²) in [5, 5.41) is 9.80. The third kappa shape index (κ3) is 3.56. The van der Waals surface area contributed by atoms with Crippen molar-refractivity contribution < 1.29 is 9.59 Å². The van der Waals surface area contributed by atoms with E-state index in [-0.39, 0.29) is 5.57 Å². The van der Waals surface area contributed by atoms with Crippen molar-refractivity contribution in [1.82, 2.24) is 9.80 Å². The number of piperazine rings is 1. The number of nitriles is 1. The Labute approximate surface area is 184 Å². The van der Waals surface area contributed by atoms with Crippen LogP contribution in [0.2, 0.25) is 10.0 Å². The van der Waals surface area contributed by atoms with E-state index in [1.54, 1.807) is 42.5 Å². The maximum atomic E-state index is 13.5. The molecule has 2 amide bonds. The summed E-state index contributed by atoms with van der Waals surface area (Å²) in [4.78, 5) is 32.2. The van der Waals surface area contributed by atoms with Crippen LogP contribution in [0.4, 0.5) is 5.69 Å². The molecule has 30 heavy (non-hydrogen) atoms. The molecule has 0 saturated carbocycles. The summed E-state index contributed by atoms with van der Waals surface area (Å²) in [6.45, 7) is 2.81. The lowest BCUT2D eigenvalue weighted by Crippen LogP contribution is -2.46. The predicted octanol–water partition coefficient (Wildman–Crippen LogP) is 3.40. The molecule has 0 bridgehead atoms. The number of rotatable bonds is 3. The normalized spacial score (nSPS) is 17.7. The van der Waals surface area contributed by atoms with Gasteiger partial charge in [-0.15, -0.1) is 0 Å². The average Bonchev–Trinajstić information content (AvgIpc) is 2.99. The Hall–Kier alpha value is -2.85. The van der Waals surface area contributed by atoms with E-state index in [4.69, 9.17) is 28.5 Å². The molecule has 2 aromatic rings. The standard InChI is InChI=1S/C22H18Cl2N4O2/c1-26-8-10-27(11-9-26)20-19(17-7-4-15(23)12-18(17)24)21(29)28(22(20)30)16-5-2-14(13-25)3-6-16/h2-7,12H,8-11H2,1H3. The Kier molecular flexibility index (Phi) is 5.52. The van der Waals surface area contributed by atoms with Crippen LogP contribution in [0.25, 0.3) is 5.57 Å². The summed E-state index contributed by atoms with van der Waals surface area (Å²) in [5.41, 5.74) is 1.96. The number of hydrogen-bond donors (Lipinski definition) is 0. The van der Waals surface area contributed by atoms with Crippen molar-refractivity contribution in [3.63, 3.8) is 0 Å². The Bertz CT molecular complexity index is 1100. The number of benzene rings is 2. The fourth-order valence-corrected chi connectivity index (χ4v) is 4.20. The van der Waals surface area contributed by atoms with E-state index in [2.05, 4.69) is 4.90 Å². The Balaban J connectivity index is 1.82. The van der Waals surface area contributed by atoms with Crippen LogP contribution >= 0.6 is 23.2 Å². The number of nitrogens with zero attached hydrogens (tertiary/aromatic N) is 4.